The van der Waals surface area contributed by atoms with E-state index in [1.54, 1.807) is 7.11 Å². The van der Waals surface area contributed by atoms with Crippen molar-refractivity contribution in [3.05, 3.63) is 64.7 Å². The molecule has 0 amide bonds. The fourth-order valence-electron chi connectivity index (χ4n) is 3.06. The number of carbonyl (C=O) groups is 1. The molecule has 0 aliphatic carbocycles. The molecular weight excluding hydrogens is 274 g/mol. The zero-order chi connectivity index (χ0) is 15.5. The molecular formula is C19H21NO2. The van der Waals surface area contributed by atoms with Gasteiger partial charge in [0.1, 0.15) is 5.75 Å². The molecule has 1 N–H and O–H groups in total. The summed E-state index contributed by atoms with van der Waals surface area (Å²) in [5, 5.41) is 3.44. The largest absolute Gasteiger partial charge is 0.496 e. The average Bonchev–Trinajstić information content (AvgIpc) is 2.75. The first-order valence-corrected chi connectivity index (χ1v) is 7.72. The van der Waals surface area contributed by atoms with Gasteiger partial charge in [-0.1, -0.05) is 37.3 Å². The highest BCUT2D eigenvalue weighted by Gasteiger charge is 2.21. The lowest BCUT2D eigenvalue weighted by Crippen LogP contribution is -2.18. The molecule has 0 aromatic heterocycles. The molecule has 1 heterocycles. The van der Waals surface area contributed by atoms with E-state index in [9.17, 15) is 4.79 Å². The molecule has 3 rings (SSSR count). The van der Waals surface area contributed by atoms with Crippen molar-refractivity contribution in [2.45, 2.75) is 19.3 Å². The number of hydrogen-bond acceptors (Lipinski definition) is 3. The monoisotopic (exact) mass is 295 g/mol. The van der Waals surface area contributed by atoms with E-state index >= 15 is 0 Å². The van der Waals surface area contributed by atoms with Crippen LogP contribution in [0.5, 0.6) is 5.75 Å². The highest BCUT2D eigenvalue weighted by molar-refractivity contribution is 6.10. The van der Waals surface area contributed by atoms with Crippen LogP contribution < -0.4 is 10.1 Å². The van der Waals surface area contributed by atoms with Crippen LogP contribution in [0.3, 0.4) is 0 Å². The topological polar surface area (TPSA) is 38.3 Å². The smallest absolute Gasteiger partial charge is 0.196 e. The lowest BCUT2D eigenvalue weighted by Gasteiger charge is -2.17. The summed E-state index contributed by atoms with van der Waals surface area (Å²) in [7, 11) is 1.63. The van der Waals surface area contributed by atoms with Gasteiger partial charge in [0, 0.05) is 12.1 Å². The van der Waals surface area contributed by atoms with E-state index in [0.717, 1.165) is 19.5 Å². The highest BCUT2D eigenvalue weighted by atomic mass is 16.5. The zero-order valence-electron chi connectivity index (χ0n) is 13.1. The van der Waals surface area contributed by atoms with Crippen LogP contribution in [0.15, 0.2) is 42.5 Å². The van der Waals surface area contributed by atoms with Gasteiger partial charge in [0.2, 0.25) is 0 Å². The summed E-state index contributed by atoms with van der Waals surface area (Å²) in [5.74, 6) is 1.08. The number of ketones is 1. The first-order valence-electron chi connectivity index (χ1n) is 7.72. The second kappa shape index (κ2) is 6.32. The maximum absolute atomic E-state index is 12.8. The van der Waals surface area contributed by atoms with E-state index in [0.29, 0.717) is 22.8 Å². The molecule has 0 fully saturated rings. The molecule has 114 valence electrons. The third-order valence-corrected chi connectivity index (χ3v) is 4.29. The predicted molar refractivity (Wildman–Crippen MR) is 87.9 cm³/mol. The molecule has 3 nitrogen and oxygen atoms in total. The fraction of sp³-hybridized carbons (Fsp3) is 0.316. The number of benzene rings is 2. The Bertz CT molecular complexity index is 679. The molecule has 2 aromatic carbocycles. The number of carbonyl (C=O) groups excluding carboxylic acids is 1. The van der Waals surface area contributed by atoms with E-state index in [-0.39, 0.29) is 5.78 Å². The van der Waals surface area contributed by atoms with Gasteiger partial charge in [-0.3, -0.25) is 4.79 Å². The number of nitrogens with one attached hydrogen (secondary N) is 1. The summed E-state index contributed by atoms with van der Waals surface area (Å²) in [6.07, 6.45) is 0.968. The Balaban J connectivity index is 2.09. The normalized spacial score (nSPS) is 17.5. The molecule has 0 bridgehead atoms. The fourth-order valence-corrected chi connectivity index (χ4v) is 3.06. The second-order valence-electron chi connectivity index (χ2n) is 5.80. The Morgan fingerprint density at radius 1 is 1.23 bits per heavy atom. The number of rotatable bonds is 3. The van der Waals surface area contributed by atoms with Crippen LogP contribution in [-0.4, -0.2) is 26.0 Å². The summed E-state index contributed by atoms with van der Waals surface area (Å²) < 4.78 is 5.49. The maximum atomic E-state index is 12.8. The summed E-state index contributed by atoms with van der Waals surface area (Å²) >= 11 is 0. The van der Waals surface area contributed by atoms with Crippen molar-refractivity contribution in [1.29, 1.82) is 0 Å². The van der Waals surface area contributed by atoms with Gasteiger partial charge < -0.3 is 10.1 Å². The minimum Gasteiger partial charge on any atom is -0.496 e. The Kier molecular flexibility index (Phi) is 4.25. The first kappa shape index (κ1) is 14.8. The van der Waals surface area contributed by atoms with Crippen molar-refractivity contribution in [2.24, 2.45) is 0 Å². The van der Waals surface area contributed by atoms with Gasteiger partial charge in [-0.05, 0) is 42.1 Å². The van der Waals surface area contributed by atoms with E-state index in [4.69, 9.17) is 4.74 Å². The van der Waals surface area contributed by atoms with Gasteiger partial charge >= 0.3 is 0 Å². The average molecular weight is 295 g/mol. The van der Waals surface area contributed by atoms with Gasteiger partial charge in [0.05, 0.1) is 12.7 Å². The van der Waals surface area contributed by atoms with E-state index < -0.39 is 0 Å². The summed E-state index contributed by atoms with van der Waals surface area (Å²) in [6.45, 7) is 4.10. The van der Waals surface area contributed by atoms with Crippen LogP contribution in [0.4, 0.5) is 0 Å². The first-order chi connectivity index (χ1) is 10.7. The molecule has 1 atom stereocenters. The minimum absolute atomic E-state index is 0.0182. The molecule has 22 heavy (non-hydrogen) atoms. The molecule has 3 heteroatoms. The predicted octanol–water partition coefficient (Wildman–Crippen LogP) is 3.18. The quantitative estimate of drug-likeness (QED) is 0.884. The molecule has 1 aliphatic heterocycles. The zero-order valence-corrected chi connectivity index (χ0v) is 13.1. The Labute approximate surface area is 131 Å². The van der Waals surface area contributed by atoms with Gasteiger partial charge in [-0.15, -0.1) is 0 Å². The van der Waals surface area contributed by atoms with Crippen molar-refractivity contribution in [2.75, 3.05) is 20.2 Å². The maximum Gasteiger partial charge on any atom is 0.196 e. The Hall–Kier alpha value is -2.13. The molecule has 0 radical (unpaired) electrons. The highest BCUT2D eigenvalue weighted by Crippen LogP contribution is 2.31. The van der Waals surface area contributed by atoms with Crippen molar-refractivity contribution < 1.29 is 9.53 Å². The van der Waals surface area contributed by atoms with Gasteiger partial charge in [0.25, 0.3) is 0 Å². The Morgan fingerprint density at radius 2 is 2.00 bits per heavy atom. The van der Waals surface area contributed by atoms with Crippen LogP contribution in [0.2, 0.25) is 0 Å². The minimum atomic E-state index is 0.0182. The number of ether oxygens (including phenoxy) is 1. The molecule has 0 unspecified atom stereocenters. The number of fused-ring (bicyclic) bond motifs is 1. The molecule has 0 saturated heterocycles. The SMILES string of the molecule is COc1cc2c(cc1C(=O)c1ccccc1)[C@@H](C)CNCC2. The lowest BCUT2D eigenvalue weighted by atomic mass is 9.90. The molecule has 1 aliphatic rings. The summed E-state index contributed by atoms with van der Waals surface area (Å²) in [5.41, 5.74) is 3.88. The van der Waals surface area contributed by atoms with Crippen LogP contribution >= 0.6 is 0 Å². The molecule has 0 spiro atoms. The van der Waals surface area contributed by atoms with Crippen molar-refractivity contribution in [1.82, 2.24) is 5.32 Å². The van der Waals surface area contributed by atoms with Gasteiger partial charge in [0.15, 0.2) is 5.78 Å². The van der Waals surface area contributed by atoms with Gasteiger partial charge in [-0.2, -0.15) is 0 Å². The standard InChI is InChI=1S/C19H21NO2/c1-13-12-20-9-8-15-10-18(22-2)17(11-16(13)15)19(21)14-6-4-3-5-7-14/h3-7,10-11,13,20H,8-9,12H2,1-2H3/t13-/m0/s1. The number of hydrogen-bond donors (Lipinski definition) is 1. The second-order valence-corrected chi connectivity index (χ2v) is 5.80. The third-order valence-electron chi connectivity index (χ3n) is 4.29. The van der Waals surface area contributed by atoms with E-state index in [1.165, 1.54) is 11.1 Å². The van der Waals surface area contributed by atoms with Gasteiger partial charge in [-0.25, -0.2) is 0 Å². The summed E-state index contributed by atoms with van der Waals surface area (Å²) in [4.78, 5) is 12.8. The van der Waals surface area contributed by atoms with Crippen LogP contribution in [0, 0.1) is 0 Å². The van der Waals surface area contributed by atoms with Crippen molar-refractivity contribution in [3.8, 4) is 5.75 Å². The van der Waals surface area contributed by atoms with E-state index in [2.05, 4.69) is 12.2 Å². The lowest BCUT2D eigenvalue weighted by molar-refractivity contribution is 0.103. The van der Waals surface area contributed by atoms with Crippen LogP contribution in [0.1, 0.15) is 39.9 Å². The van der Waals surface area contributed by atoms with Crippen molar-refractivity contribution in [3.63, 3.8) is 0 Å². The third kappa shape index (κ3) is 2.77. The molecule has 2 aromatic rings. The van der Waals surface area contributed by atoms with Crippen molar-refractivity contribution >= 4 is 5.78 Å². The van der Waals surface area contributed by atoms with Crippen LogP contribution in [-0.2, 0) is 6.42 Å². The Morgan fingerprint density at radius 3 is 2.73 bits per heavy atom. The summed E-state index contributed by atoms with van der Waals surface area (Å²) in [6, 6.07) is 13.4. The van der Waals surface area contributed by atoms with E-state index in [1.807, 2.05) is 42.5 Å². The van der Waals surface area contributed by atoms with Crippen LogP contribution in [0.25, 0.3) is 0 Å². The molecule has 0 saturated carbocycles. The number of methoxy groups -OCH3 is 1.